The Morgan fingerprint density at radius 1 is 0.750 bits per heavy atom. The van der Waals surface area contributed by atoms with Gasteiger partial charge in [0.25, 0.3) is 11.8 Å². The topological polar surface area (TPSA) is 100 Å². The Morgan fingerprint density at radius 2 is 1.48 bits per heavy atom. The van der Waals surface area contributed by atoms with Crippen LogP contribution in [0.5, 0.6) is 0 Å². The number of carbonyl (C=O) groups excluding carboxylic acids is 3. The van der Waals surface area contributed by atoms with Crippen LogP contribution < -0.4 is 16.0 Å². The first-order chi connectivity index (χ1) is 21.4. The van der Waals surface area contributed by atoms with Crippen molar-refractivity contribution in [2.75, 3.05) is 10.6 Å². The average Bonchev–Trinajstić information content (AvgIpc) is 3.06. The van der Waals surface area contributed by atoms with Gasteiger partial charge in [0.05, 0.1) is 0 Å². The zero-order chi connectivity index (χ0) is 30.7. The molecule has 44 heavy (non-hydrogen) atoms. The number of nitrogens with zero attached hydrogens (tertiary/aromatic N) is 1. The summed E-state index contributed by atoms with van der Waals surface area (Å²) in [6.07, 6.45) is 4.79. The summed E-state index contributed by atoms with van der Waals surface area (Å²) in [7, 11) is 0. The van der Waals surface area contributed by atoms with Gasteiger partial charge in [0.1, 0.15) is 10.9 Å². The van der Waals surface area contributed by atoms with Crippen molar-refractivity contribution in [1.82, 2.24) is 10.3 Å². The number of aromatic nitrogens is 1. The second-order valence-corrected chi connectivity index (χ2v) is 11.2. The zero-order valence-electron chi connectivity index (χ0n) is 23.3. The molecule has 1 aromatic heterocycles. The number of carbonyl (C=O) groups is 3. The Hall–Kier alpha value is -5.18. The molecule has 9 heteroatoms. The molecule has 0 saturated heterocycles. The molecule has 7 nitrogen and oxygen atoms in total. The van der Waals surface area contributed by atoms with Gasteiger partial charge < -0.3 is 16.0 Å². The fourth-order valence-corrected chi connectivity index (χ4v) is 5.40. The van der Waals surface area contributed by atoms with Crippen molar-refractivity contribution in [3.8, 4) is 0 Å². The van der Waals surface area contributed by atoms with Crippen LogP contribution in [0.3, 0.4) is 0 Å². The summed E-state index contributed by atoms with van der Waals surface area (Å²) in [6, 6.07) is 35.8. The van der Waals surface area contributed by atoms with E-state index in [0.29, 0.717) is 27.5 Å². The highest BCUT2D eigenvalue weighted by atomic mass is 35.5. The first-order valence-corrected chi connectivity index (χ1v) is 14.9. The lowest BCUT2D eigenvalue weighted by Crippen LogP contribution is -2.30. The van der Waals surface area contributed by atoms with E-state index in [2.05, 4.69) is 20.9 Å². The summed E-state index contributed by atoms with van der Waals surface area (Å²) >= 11 is 7.35. The molecule has 4 aromatic carbocycles. The third-order valence-electron chi connectivity index (χ3n) is 6.32. The molecule has 0 spiro atoms. The van der Waals surface area contributed by atoms with Gasteiger partial charge in [-0.25, -0.2) is 0 Å². The Labute approximate surface area is 264 Å². The number of thioether (sulfide) groups is 1. The molecule has 0 aliphatic heterocycles. The number of benzene rings is 4. The van der Waals surface area contributed by atoms with Crippen LogP contribution in [-0.4, -0.2) is 22.7 Å². The third kappa shape index (κ3) is 8.44. The largest absolute Gasteiger partial charge is 0.325 e. The molecule has 5 aromatic rings. The molecule has 0 aliphatic carbocycles. The molecule has 0 bridgehead atoms. The van der Waals surface area contributed by atoms with Crippen LogP contribution in [0.25, 0.3) is 6.08 Å². The summed E-state index contributed by atoms with van der Waals surface area (Å²) in [4.78, 5) is 44.7. The number of hydrogen-bond donors (Lipinski definition) is 3. The van der Waals surface area contributed by atoms with Gasteiger partial charge in [-0.05, 0) is 77.9 Å². The standard InChI is InChI=1S/C35H27ClN4O3S/c36-27-16-18-28(19-17-27)38-35(43)32(25-10-3-1-4-11-25)44-30-15-7-14-29(22-30)39-34(42)31(21-24-9-8-20-37-23-24)40-33(41)26-12-5-2-6-13-26/h1-23,32H,(H,38,43)(H,39,42)(H,40,41)/b31-21-. The first-order valence-electron chi connectivity index (χ1n) is 13.6. The van der Waals surface area contributed by atoms with Crippen LogP contribution in [0.1, 0.15) is 26.7 Å². The highest BCUT2D eigenvalue weighted by molar-refractivity contribution is 8.00. The molecule has 0 aliphatic rings. The smallest absolute Gasteiger partial charge is 0.272 e. The Kier molecular flexibility index (Phi) is 10.2. The van der Waals surface area contributed by atoms with Crippen LogP contribution in [-0.2, 0) is 9.59 Å². The van der Waals surface area contributed by atoms with E-state index in [1.54, 1.807) is 97.3 Å². The SMILES string of the molecule is O=C(Nc1cccc(SC(C(=O)Nc2ccc(Cl)cc2)c2ccccc2)c1)/C(=C/c1cccnc1)NC(=O)c1ccccc1. The highest BCUT2D eigenvalue weighted by Crippen LogP contribution is 2.37. The summed E-state index contributed by atoms with van der Waals surface area (Å²) in [5.41, 5.74) is 3.06. The molecule has 3 N–H and O–H groups in total. The van der Waals surface area contributed by atoms with E-state index in [9.17, 15) is 14.4 Å². The van der Waals surface area contributed by atoms with E-state index in [1.807, 2.05) is 42.5 Å². The first kappa shape index (κ1) is 30.3. The van der Waals surface area contributed by atoms with Crippen LogP contribution in [0, 0.1) is 0 Å². The van der Waals surface area contributed by atoms with Gasteiger partial charge in [0, 0.05) is 39.3 Å². The van der Waals surface area contributed by atoms with E-state index in [1.165, 1.54) is 11.8 Å². The van der Waals surface area contributed by atoms with Crippen molar-refractivity contribution in [1.29, 1.82) is 0 Å². The van der Waals surface area contributed by atoms with Crippen molar-refractivity contribution >= 4 is 58.5 Å². The minimum absolute atomic E-state index is 0.0504. The quantitative estimate of drug-likeness (QED) is 0.110. The van der Waals surface area contributed by atoms with Crippen LogP contribution in [0.4, 0.5) is 11.4 Å². The molecule has 5 rings (SSSR count). The predicted molar refractivity (Wildman–Crippen MR) is 176 cm³/mol. The van der Waals surface area contributed by atoms with E-state index in [0.717, 1.165) is 10.5 Å². The lowest BCUT2D eigenvalue weighted by atomic mass is 10.1. The molecule has 0 saturated carbocycles. The maximum Gasteiger partial charge on any atom is 0.272 e. The summed E-state index contributed by atoms with van der Waals surface area (Å²) in [6.45, 7) is 0. The Balaban J connectivity index is 1.36. The molecule has 0 radical (unpaired) electrons. The minimum atomic E-state index is -0.580. The molecule has 3 amide bonds. The number of halogens is 1. The Bertz CT molecular complexity index is 1770. The number of rotatable bonds is 10. The number of anilines is 2. The van der Waals surface area contributed by atoms with Crippen LogP contribution in [0.2, 0.25) is 5.02 Å². The maximum atomic E-state index is 13.5. The van der Waals surface area contributed by atoms with E-state index in [-0.39, 0.29) is 11.6 Å². The van der Waals surface area contributed by atoms with Crippen molar-refractivity contribution < 1.29 is 14.4 Å². The second kappa shape index (κ2) is 14.8. The van der Waals surface area contributed by atoms with Crippen molar-refractivity contribution in [2.45, 2.75) is 10.1 Å². The van der Waals surface area contributed by atoms with E-state index >= 15 is 0 Å². The molecular formula is C35H27ClN4O3S. The summed E-state index contributed by atoms with van der Waals surface area (Å²) in [5, 5.41) is 8.57. The van der Waals surface area contributed by atoms with Gasteiger partial charge in [0.15, 0.2) is 0 Å². The monoisotopic (exact) mass is 618 g/mol. The molecule has 0 fully saturated rings. The molecular weight excluding hydrogens is 592 g/mol. The van der Waals surface area contributed by atoms with Crippen molar-refractivity contribution in [3.63, 3.8) is 0 Å². The normalized spacial score (nSPS) is 11.7. The van der Waals surface area contributed by atoms with Crippen LogP contribution >= 0.6 is 23.4 Å². The van der Waals surface area contributed by atoms with Crippen LogP contribution in [0.15, 0.2) is 144 Å². The van der Waals surface area contributed by atoms with E-state index in [4.69, 9.17) is 11.6 Å². The van der Waals surface area contributed by atoms with Gasteiger partial charge >= 0.3 is 0 Å². The Morgan fingerprint density at radius 3 is 2.18 bits per heavy atom. The van der Waals surface area contributed by atoms with Gasteiger partial charge in [-0.15, -0.1) is 11.8 Å². The number of nitrogens with one attached hydrogen (secondary N) is 3. The zero-order valence-corrected chi connectivity index (χ0v) is 24.9. The third-order valence-corrected chi connectivity index (χ3v) is 7.82. The van der Waals surface area contributed by atoms with Gasteiger partial charge in [0.2, 0.25) is 5.91 Å². The highest BCUT2D eigenvalue weighted by Gasteiger charge is 2.23. The van der Waals surface area contributed by atoms with Crippen molar-refractivity contribution in [3.05, 3.63) is 161 Å². The fourth-order valence-electron chi connectivity index (χ4n) is 4.19. The second-order valence-electron chi connectivity index (χ2n) is 9.55. The average molecular weight is 619 g/mol. The number of amides is 3. The maximum absolute atomic E-state index is 13.5. The lowest BCUT2D eigenvalue weighted by Gasteiger charge is -2.18. The van der Waals surface area contributed by atoms with Gasteiger partial charge in [-0.3, -0.25) is 19.4 Å². The fraction of sp³-hybridized carbons (Fsp3) is 0.0286. The van der Waals surface area contributed by atoms with Gasteiger partial charge in [-0.1, -0.05) is 72.3 Å². The molecule has 1 heterocycles. The van der Waals surface area contributed by atoms with E-state index < -0.39 is 17.1 Å². The number of hydrogen-bond acceptors (Lipinski definition) is 5. The molecule has 1 unspecified atom stereocenters. The van der Waals surface area contributed by atoms with Gasteiger partial charge in [-0.2, -0.15) is 0 Å². The lowest BCUT2D eigenvalue weighted by molar-refractivity contribution is -0.116. The summed E-state index contributed by atoms with van der Waals surface area (Å²) in [5.74, 6) is -1.14. The number of pyridine rings is 1. The molecule has 1 atom stereocenters. The summed E-state index contributed by atoms with van der Waals surface area (Å²) < 4.78 is 0. The predicted octanol–water partition coefficient (Wildman–Crippen LogP) is 7.62. The van der Waals surface area contributed by atoms with Crippen molar-refractivity contribution in [2.24, 2.45) is 0 Å². The minimum Gasteiger partial charge on any atom is -0.325 e. The molecule has 218 valence electrons.